The van der Waals surface area contributed by atoms with Crippen molar-refractivity contribution < 1.29 is 9.50 Å². The van der Waals surface area contributed by atoms with Gasteiger partial charge in [0.25, 0.3) is 0 Å². The molecule has 0 unspecified atom stereocenters. The van der Waals surface area contributed by atoms with Gasteiger partial charge in [-0.3, -0.25) is 0 Å². The lowest BCUT2D eigenvalue weighted by Crippen LogP contribution is -2.23. The maximum absolute atomic E-state index is 12.6. The summed E-state index contributed by atoms with van der Waals surface area (Å²) in [6.45, 7) is 3.41. The summed E-state index contributed by atoms with van der Waals surface area (Å²) in [5.74, 6) is -0.197. The van der Waals surface area contributed by atoms with Crippen LogP contribution in [0.5, 0.6) is 0 Å². The van der Waals surface area contributed by atoms with Crippen LogP contribution in [0, 0.1) is 5.82 Å². The molecular weight excluding hydrogens is 278 g/mol. The highest BCUT2D eigenvalue weighted by Crippen LogP contribution is 2.01. The van der Waals surface area contributed by atoms with Crippen LogP contribution in [0.15, 0.2) is 24.3 Å². The number of nitrogens with one attached hydrogen (secondary N) is 2. The number of halogens is 3. The van der Waals surface area contributed by atoms with Crippen molar-refractivity contribution in [3.05, 3.63) is 35.6 Å². The molecular formula is C12H21Cl2FN2O. The smallest absolute Gasteiger partial charge is 0.123 e. The third-order valence-electron chi connectivity index (χ3n) is 2.24. The Kier molecular flexibility index (Phi) is 14.5. The largest absolute Gasteiger partial charge is 0.395 e. The van der Waals surface area contributed by atoms with Crippen molar-refractivity contribution in [2.75, 3.05) is 26.2 Å². The summed E-state index contributed by atoms with van der Waals surface area (Å²) in [6.07, 6.45) is 1.02. The molecule has 1 aromatic rings. The maximum atomic E-state index is 12.6. The van der Waals surface area contributed by atoms with E-state index in [9.17, 15) is 4.39 Å². The monoisotopic (exact) mass is 298 g/mol. The van der Waals surface area contributed by atoms with E-state index in [1.54, 1.807) is 12.1 Å². The molecule has 6 heteroatoms. The average molecular weight is 299 g/mol. The van der Waals surface area contributed by atoms with Gasteiger partial charge in [0.05, 0.1) is 6.61 Å². The van der Waals surface area contributed by atoms with Crippen LogP contribution in [0.3, 0.4) is 0 Å². The van der Waals surface area contributed by atoms with Gasteiger partial charge in [0.15, 0.2) is 0 Å². The van der Waals surface area contributed by atoms with Gasteiger partial charge >= 0.3 is 0 Å². The molecule has 0 saturated heterocycles. The zero-order valence-electron chi connectivity index (χ0n) is 10.2. The Morgan fingerprint density at radius 1 is 0.944 bits per heavy atom. The number of hydrogen-bond donors (Lipinski definition) is 3. The van der Waals surface area contributed by atoms with Gasteiger partial charge in [0.1, 0.15) is 5.82 Å². The molecule has 0 atom stereocenters. The molecule has 1 aromatic carbocycles. The molecule has 3 N–H and O–H groups in total. The van der Waals surface area contributed by atoms with Crippen molar-refractivity contribution >= 4 is 24.8 Å². The molecule has 0 spiro atoms. The molecule has 106 valence electrons. The standard InChI is InChI=1S/C12H19FN2O.2ClH/c13-12-4-2-11(3-5-12)10-15-7-1-6-14-8-9-16;;/h2-5,14-16H,1,6-10H2;2*1H. The highest BCUT2D eigenvalue weighted by molar-refractivity contribution is 5.85. The van der Waals surface area contributed by atoms with Crippen LogP contribution in [-0.2, 0) is 6.54 Å². The lowest BCUT2D eigenvalue weighted by molar-refractivity contribution is 0.292. The van der Waals surface area contributed by atoms with Crippen molar-refractivity contribution in [2.24, 2.45) is 0 Å². The topological polar surface area (TPSA) is 44.3 Å². The molecule has 1 rings (SSSR count). The minimum absolute atomic E-state index is 0. The van der Waals surface area contributed by atoms with E-state index in [1.807, 2.05) is 0 Å². The quantitative estimate of drug-likeness (QED) is 0.641. The highest BCUT2D eigenvalue weighted by Gasteiger charge is 1.93. The minimum Gasteiger partial charge on any atom is -0.395 e. The third-order valence-corrected chi connectivity index (χ3v) is 2.24. The average Bonchev–Trinajstić information content (AvgIpc) is 2.30. The summed E-state index contributed by atoms with van der Waals surface area (Å²) in [5, 5.41) is 14.9. The predicted molar refractivity (Wildman–Crippen MR) is 77.2 cm³/mol. The first-order valence-corrected chi connectivity index (χ1v) is 5.59. The molecule has 0 aliphatic rings. The van der Waals surface area contributed by atoms with Crippen LogP contribution in [0.1, 0.15) is 12.0 Å². The van der Waals surface area contributed by atoms with Crippen LogP contribution < -0.4 is 10.6 Å². The molecule has 0 aliphatic carbocycles. The van der Waals surface area contributed by atoms with E-state index in [-0.39, 0.29) is 37.2 Å². The van der Waals surface area contributed by atoms with Crippen LogP contribution in [0.25, 0.3) is 0 Å². The van der Waals surface area contributed by atoms with Crippen LogP contribution in [0.2, 0.25) is 0 Å². The molecule has 0 aliphatic heterocycles. The van der Waals surface area contributed by atoms with Crippen molar-refractivity contribution in [3.63, 3.8) is 0 Å². The number of rotatable bonds is 8. The van der Waals surface area contributed by atoms with Gasteiger partial charge in [0.2, 0.25) is 0 Å². The molecule has 0 saturated carbocycles. The fourth-order valence-corrected chi connectivity index (χ4v) is 1.38. The predicted octanol–water partition coefficient (Wildman–Crippen LogP) is 1.73. The van der Waals surface area contributed by atoms with Crippen LogP contribution in [-0.4, -0.2) is 31.3 Å². The van der Waals surface area contributed by atoms with Crippen LogP contribution >= 0.6 is 24.8 Å². The summed E-state index contributed by atoms with van der Waals surface area (Å²) in [4.78, 5) is 0. The number of aliphatic hydroxyl groups excluding tert-OH is 1. The zero-order chi connectivity index (χ0) is 11.6. The van der Waals surface area contributed by atoms with E-state index < -0.39 is 0 Å². The highest BCUT2D eigenvalue weighted by atomic mass is 35.5. The number of hydrogen-bond acceptors (Lipinski definition) is 3. The Labute approximate surface area is 120 Å². The van der Waals surface area contributed by atoms with Crippen LogP contribution in [0.4, 0.5) is 4.39 Å². The molecule has 0 amide bonds. The van der Waals surface area contributed by atoms with Gasteiger partial charge in [-0.25, -0.2) is 4.39 Å². The lowest BCUT2D eigenvalue weighted by Gasteiger charge is -2.05. The first kappa shape index (κ1) is 19.9. The summed E-state index contributed by atoms with van der Waals surface area (Å²) in [6, 6.07) is 6.51. The molecule has 0 fully saturated rings. The van der Waals surface area contributed by atoms with E-state index in [1.165, 1.54) is 12.1 Å². The maximum Gasteiger partial charge on any atom is 0.123 e. The van der Waals surface area contributed by atoms with E-state index in [4.69, 9.17) is 5.11 Å². The van der Waals surface area contributed by atoms with Gasteiger partial charge in [-0.05, 0) is 37.2 Å². The summed E-state index contributed by atoms with van der Waals surface area (Å²) in [5.41, 5.74) is 1.09. The summed E-state index contributed by atoms with van der Waals surface area (Å²) >= 11 is 0. The third kappa shape index (κ3) is 9.62. The molecule has 18 heavy (non-hydrogen) atoms. The van der Waals surface area contributed by atoms with Gasteiger partial charge in [0, 0.05) is 13.1 Å². The Balaban J connectivity index is 0. The minimum atomic E-state index is -0.197. The second kappa shape index (κ2) is 13.1. The molecule has 0 bridgehead atoms. The molecule has 3 nitrogen and oxygen atoms in total. The lowest BCUT2D eigenvalue weighted by atomic mass is 10.2. The number of aliphatic hydroxyl groups is 1. The SMILES string of the molecule is Cl.Cl.OCCNCCCNCc1ccc(F)cc1. The second-order valence-electron chi connectivity index (χ2n) is 3.63. The van der Waals surface area contributed by atoms with Crippen molar-refractivity contribution in [1.29, 1.82) is 0 Å². The molecule has 0 heterocycles. The van der Waals surface area contributed by atoms with Crippen molar-refractivity contribution in [3.8, 4) is 0 Å². The molecule has 0 aromatic heterocycles. The molecule has 0 radical (unpaired) electrons. The van der Waals surface area contributed by atoms with E-state index >= 15 is 0 Å². The van der Waals surface area contributed by atoms with E-state index in [0.29, 0.717) is 6.54 Å². The Morgan fingerprint density at radius 2 is 1.56 bits per heavy atom. The second-order valence-corrected chi connectivity index (χ2v) is 3.63. The van der Waals surface area contributed by atoms with Crippen molar-refractivity contribution in [1.82, 2.24) is 10.6 Å². The van der Waals surface area contributed by atoms with E-state index in [0.717, 1.165) is 31.6 Å². The first-order valence-electron chi connectivity index (χ1n) is 5.59. The summed E-state index contributed by atoms with van der Waals surface area (Å²) < 4.78 is 12.6. The van der Waals surface area contributed by atoms with E-state index in [2.05, 4.69) is 10.6 Å². The number of benzene rings is 1. The fourth-order valence-electron chi connectivity index (χ4n) is 1.38. The normalized spacial score (nSPS) is 9.44. The Morgan fingerprint density at radius 3 is 2.17 bits per heavy atom. The Hall–Kier alpha value is -0.390. The van der Waals surface area contributed by atoms with Gasteiger partial charge in [-0.2, -0.15) is 0 Å². The first-order chi connectivity index (χ1) is 7.83. The van der Waals surface area contributed by atoms with Gasteiger partial charge in [-0.15, -0.1) is 24.8 Å². The Bertz CT molecular complexity index is 286. The van der Waals surface area contributed by atoms with Crippen molar-refractivity contribution in [2.45, 2.75) is 13.0 Å². The fraction of sp³-hybridized carbons (Fsp3) is 0.500. The summed E-state index contributed by atoms with van der Waals surface area (Å²) in [7, 11) is 0. The zero-order valence-corrected chi connectivity index (χ0v) is 11.8. The van der Waals surface area contributed by atoms with Gasteiger partial charge in [-0.1, -0.05) is 12.1 Å². The van der Waals surface area contributed by atoms with Gasteiger partial charge < -0.3 is 15.7 Å².